The average Bonchev–Trinajstić information content (AvgIpc) is 1.98. The van der Waals surface area contributed by atoms with Gasteiger partial charge in [-0.2, -0.15) is 0 Å². The molecule has 0 aromatic carbocycles. The topological polar surface area (TPSA) is 20.2 Å². The fourth-order valence-electron chi connectivity index (χ4n) is 3.99. The zero-order chi connectivity index (χ0) is 8.34. The molecule has 1 nitrogen and oxygen atoms in total. The second-order valence-electron chi connectivity index (χ2n) is 5.26. The highest BCUT2D eigenvalue weighted by atomic mass is 16.3. The monoisotopic (exact) mass is 165 g/mol. The Morgan fingerprint density at radius 2 is 1.75 bits per heavy atom. The Kier molecular flexibility index (Phi) is 1.27. The third kappa shape index (κ3) is 0.783. The Morgan fingerprint density at radius 3 is 2.25 bits per heavy atom. The minimum Gasteiger partial charge on any atom is -0.389 e. The van der Waals surface area contributed by atoms with Crippen LogP contribution >= 0.6 is 0 Å². The number of hydrogen-bond acceptors (Lipinski definition) is 1. The number of aliphatic hydroxyl groups is 1. The quantitative estimate of drug-likeness (QED) is 0.583. The van der Waals surface area contributed by atoms with E-state index in [9.17, 15) is 5.11 Å². The lowest BCUT2D eigenvalue weighted by atomic mass is 9.50. The van der Waals surface area contributed by atoms with Gasteiger partial charge in [0.15, 0.2) is 0 Å². The van der Waals surface area contributed by atoms with Gasteiger partial charge in [0, 0.05) is 5.92 Å². The van der Waals surface area contributed by atoms with E-state index in [1.54, 1.807) is 0 Å². The summed E-state index contributed by atoms with van der Waals surface area (Å²) in [6.07, 6.45) is 6.32. The molecule has 2 atom stereocenters. The van der Waals surface area contributed by atoms with Gasteiger partial charge in [0.2, 0.25) is 0 Å². The Bertz CT molecular complexity index is 197. The van der Waals surface area contributed by atoms with Crippen LogP contribution in [0.5, 0.6) is 0 Å². The lowest BCUT2D eigenvalue weighted by Gasteiger charge is -2.57. The molecule has 67 valence electrons. The van der Waals surface area contributed by atoms with Crippen molar-refractivity contribution in [1.29, 1.82) is 0 Å². The van der Waals surface area contributed by atoms with E-state index in [0.717, 1.165) is 30.6 Å². The standard InChI is InChI=1S/C11H17O/c1-7-10-3-8-2-9(4-10)6-11(7,12)5-8/h8-10,12H,2-6H2,1H3. The van der Waals surface area contributed by atoms with E-state index in [1.807, 2.05) is 0 Å². The van der Waals surface area contributed by atoms with Crippen LogP contribution in [0, 0.1) is 23.7 Å². The largest absolute Gasteiger partial charge is 0.389 e. The normalized spacial score (nSPS) is 58.0. The van der Waals surface area contributed by atoms with Crippen LogP contribution in [0.1, 0.15) is 39.0 Å². The molecule has 0 amide bonds. The smallest absolute Gasteiger partial charge is 0.0715 e. The Labute approximate surface area is 74.2 Å². The molecule has 4 rings (SSSR count). The predicted molar refractivity (Wildman–Crippen MR) is 47.4 cm³/mol. The van der Waals surface area contributed by atoms with Gasteiger partial charge in [-0.15, -0.1) is 0 Å². The van der Waals surface area contributed by atoms with Crippen molar-refractivity contribution in [3.63, 3.8) is 0 Å². The lowest BCUT2D eigenvalue weighted by molar-refractivity contribution is -0.100. The van der Waals surface area contributed by atoms with Crippen LogP contribution < -0.4 is 0 Å². The zero-order valence-electron chi connectivity index (χ0n) is 7.71. The molecule has 1 N–H and O–H groups in total. The highest BCUT2D eigenvalue weighted by Crippen LogP contribution is 2.59. The maximum atomic E-state index is 10.3. The van der Waals surface area contributed by atoms with Gasteiger partial charge < -0.3 is 5.11 Å². The predicted octanol–water partition coefficient (Wildman–Crippen LogP) is 2.15. The summed E-state index contributed by atoms with van der Waals surface area (Å²) in [5.74, 6) is 3.91. The van der Waals surface area contributed by atoms with Crippen LogP contribution in [-0.4, -0.2) is 10.7 Å². The molecule has 0 heterocycles. The van der Waals surface area contributed by atoms with Crippen LogP contribution in [0.4, 0.5) is 0 Å². The van der Waals surface area contributed by atoms with Gasteiger partial charge in [-0.25, -0.2) is 0 Å². The van der Waals surface area contributed by atoms with Gasteiger partial charge in [0.05, 0.1) is 5.60 Å². The first-order valence-corrected chi connectivity index (χ1v) is 5.24. The molecule has 4 fully saturated rings. The maximum Gasteiger partial charge on any atom is 0.0715 e. The van der Waals surface area contributed by atoms with Gasteiger partial charge in [-0.3, -0.25) is 0 Å². The van der Waals surface area contributed by atoms with Crippen molar-refractivity contribution >= 4 is 0 Å². The highest BCUT2D eigenvalue weighted by molar-refractivity contribution is 5.20. The van der Waals surface area contributed by atoms with E-state index >= 15 is 0 Å². The van der Waals surface area contributed by atoms with Crippen molar-refractivity contribution in [2.24, 2.45) is 17.8 Å². The summed E-state index contributed by atoms with van der Waals surface area (Å²) >= 11 is 0. The molecule has 0 spiro atoms. The molecule has 12 heavy (non-hydrogen) atoms. The Morgan fingerprint density at radius 1 is 1.17 bits per heavy atom. The molecule has 0 aromatic heterocycles. The number of hydrogen-bond donors (Lipinski definition) is 1. The van der Waals surface area contributed by atoms with Gasteiger partial charge in [0.1, 0.15) is 0 Å². The van der Waals surface area contributed by atoms with E-state index in [-0.39, 0.29) is 5.60 Å². The van der Waals surface area contributed by atoms with E-state index in [1.165, 1.54) is 25.2 Å². The molecule has 0 aromatic rings. The Hall–Kier alpha value is -0.0400. The first-order valence-electron chi connectivity index (χ1n) is 5.24. The van der Waals surface area contributed by atoms with E-state index in [2.05, 4.69) is 6.92 Å². The molecule has 2 unspecified atom stereocenters. The van der Waals surface area contributed by atoms with Gasteiger partial charge in [-0.05, 0) is 49.9 Å². The van der Waals surface area contributed by atoms with Crippen molar-refractivity contribution in [1.82, 2.24) is 0 Å². The molecule has 4 saturated carbocycles. The molecule has 0 aliphatic heterocycles. The molecule has 1 radical (unpaired) electrons. The van der Waals surface area contributed by atoms with Crippen molar-refractivity contribution in [3.8, 4) is 0 Å². The highest BCUT2D eigenvalue weighted by Gasteiger charge is 2.54. The summed E-state index contributed by atoms with van der Waals surface area (Å²) in [4.78, 5) is 0. The van der Waals surface area contributed by atoms with Crippen LogP contribution in [0.3, 0.4) is 0 Å². The van der Waals surface area contributed by atoms with Crippen molar-refractivity contribution in [2.75, 3.05) is 0 Å². The van der Waals surface area contributed by atoms with Crippen LogP contribution in [0.15, 0.2) is 0 Å². The van der Waals surface area contributed by atoms with Crippen molar-refractivity contribution in [3.05, 3.63) is 5.92 Å². The third-order valence-electron chi connectivity index (χ3n) is 4.50. The summed E-state index contributed by atoms with van der Waals surface area (Å²) in [5, 5.41) is 10.3. The minimum absolute atomic E-state index is 0.325. The van der Waals surface area contributed by atoms with E-state index in [0.29, 0.717) is 0 Å². The first kappa shape index (κ1) is 7.37. The Balaban J connectivity index is 1.97. The zero-order valence-corrected chi connectivity index (χ0v) is 7.71. The van der Waals surface area contributed by atoms with Crippen molar-refractivity contribution in [2.45, 2.75) is 44.6 Å². The third-order valence-corrected chi connectivity index (χ3v) is 4.50. The summed E-state index contributed by atoms with van der Waals surface area (Å²) in [6, 6.07) is 0. The van der Waals surface area contributed by atoms with Crippen LogP contribution in [0.25, 0.3) is 0 Å². The lowest BCUT2D eigenvalue weighted by Crippen LogP contribution is -2.54. The van der Waals surface area contributed by atoms with Gasteiger partial charge >= 0.3 is 0 Å². The number of rotatable bonds is 0. The first-order chi connectivity index (χ1) is 5.67. The molecule has 4 aliphatic carbocycles. The summed E-state index contributed by atoms with van der Waals surface area (Å²) in [6.45, 7) is 2.18. The molecular formula is C11H17O. The van der Waals surface area contributed by atoms with E-state index in [4.69, 9.17) is 0 Å². The molecule has 4 bridgehead atoms. The van der Waals surface area contributed by atoms with Gasteiger partial charge in [-0.1, -0.05) is 6.92 Å². The van der Waals surface area contributed by atoms with E-state index < -0.39 is 0 Å². The molecule has 0 saturated heterocycles. The second-order valence-corrected chi connectivity index (χ2v) is 5.26. The fourth-order valence-corrected chi connectivity index (χ4v) is 3.99. The van der Waals surface area contributed by atoms with Crippen LogP contribution in [-0.2, 0) is 0 Å². The molecule has 4 aliphatic rings. The fraction of sp³-hybridized carbons (Fsp3) is 0.909. The maximum absolute atomic E-state index is 10.3. The van der Waals surface area contributed by atoms with Gasteiger partial charge in [0.25, 0.3) is 0 Å². The average molecular weight is 165 g/mol. The minimum atomic E-state index is -0.325. The second kappa shape index (κ2) is 2.06. The SMILES string of the molecule is C[C]1C2CC3CC(C2)CC1(O)C3. The molecule has 1 heteroatoms. The summed E-state index contributed by atoms with van der Waals surface area (Å²) in [7, 11) is 0. The summed E-state index contributed by atoms with van der Waals surface area (Å²) in [5.41, 5.74) is -0.325. The van der Waals surface area contributed by atoms with Crippen LogP contribution in [0.2, 0.25) is 0 Å². The summed E-state index contributed by atoms with van der Waals surface area (Å²) < 4.78 is 0. The molecular weight excluding hydrogens is 148 g/mol. The van der Waals surface area contributed by atoms with Crippen molar-refractivity contribution < 1.29 is 5.11 Å².